The standard InChI is InChI=1S/C11H13FN2O2/c1-2-14(7-10(13)15)11(16)8-3-5-9(12)6-4-8/h3-6H,2,7H2,1H3,(H2,13,15). The first-order chi connectivity index (χ1) is 7.54. The van der Waals surface area contributed by atoms with Crippen molar-refractivity contribution in [3.63, 3.8) is 0 Å². The quantitative estimate of drug-likeness (QED) is 0.821. The summed E-state index contributed by atoms with van der Waals surface area (Å²) in [6, 6.07) is 5.15. The maximum Gasteiger partial charge on any atom is 0.254 e. The number of primary amides is 1. The van der Waals surface area contributed by atoms with E-state index in [2.05, 4.69) is 0 Å². The first-order valence-corrected chi connectivity index (χ1v) is 4.87. The van der Waals surface area contributed by atoms with Crippen LogP contribution in [0.1, 0.15) is 17.3 Å². The number of rotatable bonds is 4. The van der Waals surface area contributed by atoms with E-state index < -0.39 is 11.7 Å². The lowest BCUT2D eigenvalue weighted by Crippen LogP contribution is -2.38. The van der Waals surface area contributed by atoms with E-state index >= 15 is 0 Å². The summed E-state index contributed by atoms with van der Waals surface area (Å²) in [6.07, 6.45) is 0. The van der Waals surface area contributed by atoms with Crippen molar-refractivity contribution in [3.05, 3.63) is 35.6 Å². The molecule has 0 spiro atoms. The second-order valence-corrected chi connectivity index (χ2v) is 3.29. The molecule has 0 aliphatic rings. The number of hydrogen-bond acceptors (Lipinski definition) is 2. The van der Waals surface area contributed by atoms with Crippen LogP contribution in [0.3, 0.4) is 0 Å². The molecule has 5 heteroatoms. The van der Waals surface area contributed by atoms with Gasteiger partial charge in [-0.25, -0.2) is 4.39 Å². The zero-order valence-electron chi connectivity index (χ0n) is 8.94. The highest BCUT2D eigenvalue weighted by Crippen LogP contribution is 2.06. The Labute approximate surface area is 92.8 Å². The van der Waals surface area contributed by atoms with Crippen LogP contribution in [-0.4, -0.2) is 29.8 Å². The zero-order valence-corrected chi connectivity index (χ0v) is 8.94. The number of nitrogens with zero attached hydrogens (tertiary/aromatic N) is 1. The predicted molar refractivity (Wildman–Crippen MR) is 57.2 cm³/mol. The summed E-state index contributed by atoms with van der Waals surface area (Å²) in [7, 11) is 0. The van der Waals surface area contributed by atoms with Crippen LogP contribution >= 0.6 is 0 Å². The van der Waals surface area contributed by atoms with Gasteiger partial charge in [-0.05, 0) is 31.2 Å². The molecule has 2 N–H and O–H groups in total. The molecule has 0 fully saturated rings. The minimum atomic E-state index is -0.572. The van der Waals surface area contributed by atoms with Gasteiger partial charge in [-0.1, -0.05) is 0 Å². The molecule has 1 rings (SSSR count). The summed E-state index contributed by atoms with van der Waals surface area (Å²) >= 11 is 0. The van der Waals surface area contributed by atoms with Gasteiger partial charge < -0.3 is 10.6 Å². The third kappa shape index (κ3) is 3.05. The number of halogens is 1. The van der Waals surface area contributed by atoms with Crippen LogP contribution < -0.4 is 5.73 Å². The van der Waals surface area contributed by atoms with Crippen molar-refractivity contribution < 1.29 is 14.0 Å². The smallest absolute Gasteiger partial charge is 0.254 e. The molecule has 0 bridgehead atoms. The average Bonchev–Trinajstić information content (AvgIpc) is 2.25. The van der Waals surface area contributed by atoms with Crippen molar-refractivity contribution in [2.45, 2.75) is 6.92 Å². The molecule has 0 unspecified atom stereocenters. The molecule has 4 nitrogen and oxygen atoms in total. The molecule has 0 saturated heterocycles. The molecule has 0 heterocycles. The first kappa shape index (κ1) is 12.2. The summed E-state index contributed by atoms with van der Waals surface area (Å²) in [5.74, 6) is -1.31. The lowest BCUT2D eigenvalue weighted by molar-refractivity contribution is -0.118. The Bertz CT molecular complexity index is 389. The fourth-order valence-electron chi connectivity index (χ4n) is 1.29. The van der Waals surface area contributed by atoms with Crippen LogP contribution in [0.2, 0.25) is 0 Å². The van der Waals surface area contributed by atoms with Gasteiger partial charge in [0.1, 0.15) is 5.82 Å². The Morgan fingerprint density at radius 1 is 1.31 bits per heavy atom. The van der Waals surface area contributed by atoms with E-state index in [1.54, 1.807) is 6.92 Å². The molecule has 86 valence electrons. The Morgan fingerprint density at radius 3 is 2.31 bits per heavy atom. The van der Waals surface area contributed by atoms with E-state index in [-0.39, 0.29) is 12.5 Å². The van der Waals surface area contributed by atoms with E-state index in [9.17, 15) is 14.0 Å². The second kappa shape index (κ2) is 5.25. The van der Waals surface area contributed by atoms with E-state index in [1.807, 2.05) is 0 Å². The summed E-state index contributed by atoms with van der Waals surface area (Å²) in [5, 5.41) is 0. The number of amides is 2. The monoisotopic (exact) mass is 224 g/mol. The lowest BCUT2D eigenvalue weighted by Gasteiger charge is -2.18. The molecule has 0 radical (unpaired) electrons. The maximum absolute atomic E-state index is 12.6. The Kier molecular flexibility index (Phi) is 3.99. The van der Waals surface area contributed by atoms with Gasteiger partial charge >= 0.3 is 0 Å². The van der Waals surface area contributed by atoms with Gasteiger partial charge in [0.25, 0.3) is 5.91 Å². The molecule has 2 amide bonds. The minimum absolute atomic E-state index is 0.132. The normalized spacial score (nSPS) is 9.88. The number of carbonyl (C=O) groups excluding carboxylic acids is 2. The maximum atomic E-state index is 12.6. The molecule has 1 aromatic carbocycles. The van der Waals surface area contributed by atoms with Crippen molar-refractivity contribution in [1.29, 1.82) is 0 Å². The Balaban J connectivity index is 2.82. The van der Waals surface area contributed by atoms with Gasteiger partial charge in [-0.3, -0.25) is 9.59 Å². The third-order valence-corrected chi connectivity index (χ3v) is 2.11. The largest absolute Gasteiger partial charge is 0.368 e. The van der Waals surface area contributed by atoms with Crippen LogP contribution in [0.4, 0.5) is 4.39 Å². The number of nitrogens with two attached hydrogens (primary N) is 1. The van der Waals surface area contributed by atoms with Gasteiger partial charge in [-0.15, -0.1) is 0 Å². The minimum Gasteiger partial charge on any atom is -0.368 e. The topological polar surface area (TPSA) is 63.4 Å². The SMILES string of the molecule is CCN(CC(N)=O)C(=O)c1ccc(F)cc1. The number of benzene rings is 1. The molecular weight excluding hydrogens is 211 g/mol. The number of likely N-dealkylation sites (N-methyl/N-ethyl adjacent to an activating group) is 1. The molecular formula is C11H13FN2O2. The predicted octanol–water partition coefficient (Wildman–Crippen LogP) is 0.773. The summed E-state index contributed by atoms with van der Waals surface area (Å²) in [5.41, 5.74) is 5.35. The fourth-order valence-corrected chi connectivity index (χ4v) is 1.29. The third-order valence-electron chi connectivity index (χ3n) is 2.11. The highest BCUT2D eigenvalue weighted by molar-refractivity contribution is 5.96. The van der Waals surface area contributed by atoms with Crippen LogP contribution in [0.5, 0.6) is 0 Å². The first-order valence-electron chi connectivity index (χ1n) is 4.87. The Hall–Kier alpha value is -1.91. The van der Waals surface area contributed by atoms with Gasteiger partial charge in [0.05, 0.1) is 6.54 Å². The molecule has 0 aliphatic heterocycles. The highest BCUT2D eigenvalue weighted by atomic mass is 19.1. The molecule has 0 aliphatic carbocycles. The number of carbonyl (C=O) groups is 2. The van der Waals surface area contributed by atoms with Crippen LogP contribution in [0.25, 0.3) is 0 Å². The van der Waals surface area contributed by atoms with Crippen LogP contribution in [0.15, 0.2) is 24.3 Å². The van der Waals surface area contributed by atoms with Crippen molar-refractivity contribution in [3.8, 4) is 0 Å². The molecule has 0 atom stereocenters. The average molecular weight is 224 g/mol. The summed E-state index contributed by atoms with van der Waals surface area (Å²) in [6.45, 7) is 1.98. The summed E-state index contributed by atoms with van der Waals surface area (Å²) in [4.78, 5) is 23.8. The van der Waals surface area contributed by atoms with E-state index in [0.29, 0.717) is 12.1 Å². The summed E-state index contributed by atoms with van der Waals surface area (Å²) < 4.78 is 12.6. The second-order valence-electron chi connectivity index (χ2n) is 3.29. The van der Waals surface area contributed by atoms with Gasteiger partial charge in [0.2, 0.25) is 5.91 Å². The van der Waals surface area contributed by atoms with Gasteiger partial charge in [-0.2, -0.15) is 0 Å². The number of hydrogen-bond donors (Lipinski definition) is 1. The van der Waals surface area contributed by atoms with Crippen molar-refractivity contribution in [1.82, 2.24) is 4.90 Å². The van der Waals surface area contributed by atoms with Crippen molar-refractivity contribution in [2.75, 3.05) is 13.1 Å². The fraction of sp³-hybridized carbons (Fsp3) is 0.273. The van der Waals surface area contributed by atoms with Crippen molar-refractivity contribution >= 4 is 11.8 Å². The molecule has 1 aromatic rings. The molecule has 0 aromatic heterocycles. The highest BCUT2D eigenvalue weighted by Gasteiger charge is 2.15. The van der Waals surface area contributed by atoms with E-state index in [4.69, 9.17) is 5.73 Å². The zero-order chi connectivity index (χ0) is 12.1. The lowest BCUT2D eigenvalue weighted by atomic mass is 10.2. The molecule has 16 heavy (non-hydrogen) atoms. The van der Waals surface area contributed by atoms with Crippen LogP contribution in [0, 0.1) is 5.82 Å². The van der Waals surface area contributed by atoms with Gasteiger partial charge in [0, 0.05) is 12.1 Å². The van der Waals surface area contributed by atoms with E-state index in [1.165, 1.54) is 29.2 Å². The Morgan fingerprint density at radius 2 is 1.88 bits per heavy atom. The van der Waals surface area contributed by atoms with Crippen LogP contribution in [-0.2, 0) is 4.79 Å². The molecule has 0 saturated carbocycles. The van der Waals surface area contributed by atoms with E-state index in [0.717, 1.165) is 0 Å². The van der Waals surface area contributed by atoms with Crippen molar-refractivity contribution in [2.24, 2.45) is 5.73 Å². The van der Waals surface area contributed by atoms with Gasteiger partial charge in [0.15, 0.2) is 0 Å².